The fourth-order valence-electron chi connectivity index (χ4n) is 3.18. The molecule has 1 aliphatic carbocycles. The van der Waals surface area contributed by atoms with Gasteiger partial charge in [-0.15, -0.1) is 11.3 Å². The number of benzene rings is 1. The first-order chi connectivity index (χ1) is 9.33. The average molecular weight is 273 g/mol. The Hall–Kier alpha value is -0.860. The summed E-state index contributed by atoms with van der Waals surface area (Å²) in [6, 6.07) is 4.95. The SMILES string of the molecule is CCCNCc1sc2cc3c(cc2c1CC)CCC3. The molecule has 0 spiro atoms. The molecule has 0 saturated carbocycles. The first-order valence-corrected chi connectivity index (χ1v) is 8.41. The summed E-state index contributed by atoms with van der Waals surface area (Å²) in [4.78, 5) is 1.55. The van der Waals surface area contributed by atoms with E-state index in [1.807, 2.05) is 11.3 Å². The second-order valence-corrected chi connectivity index (χ2v) is 6.64. The van der Waals surface area contributed by atoms with Crippen molar-refractivity contribution in [2.24, 2.45) is 0 Å². The zero-order valence-electron chi connectivity index (χ0n) is 12.0. The van der Waals surface area contributed by atoms with Gasteiger partial charge in [0.25, 0.3) is 0 Å². The Kier molecular flexibility index (Phi) is 3.90. The van der Waals surface area contributed by atoms with E-state index in [1.54, 1.807) is 21.6 Å². The molecule has 1 heterocycles. The number of hydrogen-bond donors (Lipinski definition) is 1. The third kappa shape index (κ3) is 2.44. The van der Waals surface area contributed by atoms with Gasteiger partial charge in [-0.1, -0.05) is 13.8 Å². The minimum atomic E-state index is 1.04. The molecule has 0 amide bonds. The lowest BCUT2D eigenvalue weighted by Gasteiger charge is -2.04. The third-order valence-electron chi connectivity index (χ3n) is 4.15. The van der Waals surface area contributed by atoms with E-state index in [2.05, 4.69) is 31.3 Å². The lowest BCUT2D eigenvalue weighted by molar-refractivity contribution is 0.679. The summed E-state index contributed by atoms with van der Waals surface area (Å²) in [5, 5.41) is 5.08. The van der Waals surface area contributed by atoms with Gasteiger partial charge in [0.1, 0.15) is 0 Å². The molecule has 0 aliphatic heterocycles. The van der Waals surface area contributed by atoms with Crippen LogP contribution in [0.4, 0.5) is 0 Å². The first-order valence-electron chi connectivity index (χ1n) is 7.60. The Labute approximate surface area is 120 Å². The lowest BCUT2D eigenvalue weighted by atomic mass is 10.0. The van der Waals surface area contributed by atoms with Crippen molar-refractivity contribution >= 4 is 21.4 Å². The minimum Gasteiger partial charge on any atom is -0.312 e. The number of fused-ring (bicyclic) bond motifs is 2. The molecule has 2 heteroatoms. The number of thiophene rings is 1. The van der Waals surface area contributed by atoms with Gasteiger partial charge in [0, 0.05) is 16.1 Å². The Morgan fingerprint density at radius 2 is 1.95 bits per heavy atom. The van der Waals surface area contributed by atoms with E-state index in [0.717, 1.165) is 19.5 Å². The van der Waals surface area contributed by atoms with Crippen molar-refractivity contribution in [3.8, 4) is 0 Å². The van der Waals surface area contributed by atoms with Crippen molar-refractivity contribution in [3.63, 3.8) is 0 Å². The predicted molar refractivity (Wildman–Crippen MR) is 85.2 cm³/mol. The van der Waals surface area contributed by atoms with Crippen LogP contribution in [0, 0.1) is 0 Å². The Balaban J connectivity index is 1.99. The van der Waals surface area contributed by atoms with E-state index in [4.69, 9.17) is 0 Å². The molecule has 1 nitrogen and oxygen atoms in total. The largest absolute Gasteiger partial charge is 0.312 e. The molecule has 0 fully saturated rings. The molecule has 3 rings (SSSR count). The van der Waals surface area contributed by atoms with Crippen molar-refractivity contribution in [2.75, 3.05) is 6.54 Å². The molecule has 0 bridgehead atoms. The zero-order valence-corrected chi connectivity index (χ0v) is 12.8. The fraction of sp³-hybridized carbons (Fsp3) is 0.529. The maximum Gasteiger partial charge on any atom is 0.0351 e. The molecule has 1 aliphatic rings. The molecule has 102 valence electrons. The van der Waals surface area contributed by atoms with Crippen LogP contribution < -0.4 is 5.32 Å². The van der Waals surface area contributed by atoms with E-state index in [0.29, 0.717) is 0 Å². The summed E-state index contributed by atoms with van der Waals surface area (Å²) >= 11 is 2.00. The van der Waals surface area contributed by atoms with Crippen LogP contribution in [0.1, 0.15) is 48.3 Å². The van der Waals surface area contributed by atoms with Crippen LogP contribution >= 0.6 is 11.3 Å². The van der Waals surface area contributed by atoms with Gasteiger partial charge in [0.2, 0.25) is 0 Å². The van der Waals surface area contributed by atoms with Crippen LogP contribution in [0.2, 0.25) is 0 Å². The summed E-state index contributed by atoms with van der Waals surface area (Å²) < 4.78 is 1.51. The average Bonchev–Trinajstić information content (AvgIpc) is 2.99. The summed E-state index contributed by atoms with van der Waals surface area (Å²) in [5.41, 5.74) is 4.79. The standard InChI is InChI=1S/C17H23NS/c1-3-8-18-11-17-14(4-2)15-9-12-6-5-7-13(12)10-16(15)19-17/h9-10,18H,3-8,11H2,1-2H3. The fourth-order valence-corrected chi connectivity index (χ4v) is 4.49. The molecule has 19 heavy (non-hydrogen) atoms. The van der Waals surface area contributed by atoms with Gasteiger partial charge in [-0.3, -0.25) is 0 Å². The smallest absolute Gasteiger partial charge is 0.0351 e. The predicted octanol–water partition coefficient (Wildman–Crippen LogP) is 4.45. The number of hydrogen-bond acceptors (Lipinski definition) is 2. The lowest BCUT2D eigenvalue weighted by Crippen LogP contribution is -2.13. The van der Waals surface area contributed by atoms with Crippen molar-refractivity contribution in [3.05, 3.63) is 33.7 Å². The van der Waals surface area contributed by atoms with E-state index in [-0.39, 0.29) is 0 Å². The maximum absolute atomic E-state index is 3.55. The van der Waals surface area contributed by atoms with Crippen LogP contribution in [0.15, 0.2) is 12.1 Å². The van der Waals surface area contributed by atoms with Crippen molar-refractivity contribution in [2.45, 2.75) is 52.5 Å². The summed E-state index contributed by atoms with van der Waals surface area (Å²) in [5.74, 6) is 0. The molecule has 0 radical (unpaired) electrons. The Morgan fingerprint density at radius 1 is 1.16 bits per heavy atom. The topological polar surface area (TPSA) is 12.0 Å². The molecule has 1 aromatic heterocycles. The molecule has 1 N–H and O–H groups in total. The highest BCUT2D eigenvalue weighted by Gasteiger charge is 2.16. The van der Waals surface area contributed by atoms with Gasteiger partial charge in [-0.05, 0) is 72.9 Å². The zero-order chi connectivity index (χ0) is 13.2. The molecule has 1 aromatic carbocycles. The van der Waals surface area contributed by atoms with Crippen molar-refractivity contribution in [1.82, 2.24) is 5.32 Å². The minimum absolute atomic E-state index is 1.04. The number of nitrogens with one attached hydrogen (secondary N) is 1. The normalized spacial score (nSPS) is 14.2. The van der Waals surface area contributed by atoms with E-state index < -0.39 is 0 Å². The number of rotatable bonds is 5. The maximum atomic E-state index is 3.55. The van der Waals surface area contributed by atoms with Gasteiger partial charge in [0.05, 0.1) is 0 Å². The monoisotopic (exact) mass is 273 g/mol. The highest BCUT2D eigenvalue weighted by Crippen LogP contribution is 2.36. The summed E-state index contributed by atoms with van der Waals surface area (Å²) in [6.07, 6.45) is 6.28. The van der Waals surface area contributed by atoms with Crippen molar-refractivity contribution in [1.29, 1.82) is 0 Å². The quantitative estimate of drug-likeness (QED) is 0.794. The first kappa shape index (κ1) is 13.1. The molecule has 2 aromatic rings. The second-order valence-electron chi connectivity index (χ2n) is 5.50. The van der Waals surface area contributed by atoms with Gasteiger partial charge < -0.3 is 5.32 Å². The second kappa shape index (κ2) is 5.64. The van der Waals surface area contributed by atoms with Gasteiger partial charge >= 0.3 is 0 Å². The van der Waals surface area contributed by atoms with Crippen LogP contribution in [-0.2, 0) is 25.8 Å². The highest BCUT2D eigenvalue weighted by atomic mass is 32.1. The Bertz CT molecular complexity index is 582. The summed E-state index contributed by atoms with van der Waals surface area (Å²) in [6.45, 7) is 6.68. The third-order valence-corrected chi connectivity index (χ3v) is 5.35. The molecular weight excluding hydrogens is 250 g/mol. The molecular formula is C17H23NS. The van der Waals surface area contributed by atoms with E-state index in [9.17, 15) is 0 Å². The molecule has 0 saturated heterocycles. The van der Waals surface area contributed by atoms with Crippen LogP contribution in [0.5, 0.6) is 0 Å². The Morgan fingerprint density at radius 3 is 2.68 bits per heavy atom. The van der Waals surface area contributed by atoms with Gasteiger partial charge in [0.15, 0.2) is 0 Å². The van der Waals surface area contributed by atoms with E-state index in [1.165, 1.54) is 35.8 Å². The molecule has 0 unspecified atom stereocenters. The van der Waals surface area contributed by atoms with Crippen LogP contribution in [0.25, 0.3) is 10.1 Å². The van der Waals surface area contributed by atoms with Gasteiger partial charge in [-0.2, -0.15) is 0 Å². The van der Waals surface area contributed by atoms with E-state index >= 15 is 0 Å². The van der Waals surface area contributed by atoms with Crippen molar-refractivity contribution < 1.29 is 0 Å². The van der Waals surface area contributed by atoms with Crippen LogP contribution in [0.3, 0.4) is 0 Å². The highest BCUT2D eigenvalue weighted by molar-refractivity contribution is 7.19. The summed E-state index contributed by atoms with van der Waals surface area (Å²) in [7, 11) is 0. The van der Waals surface area contributed by atoms with Gasteiger partial charge in [-0.25, -0.2) is 0 Å². The van der Waals surface area contributed by atoms with Crippen LogP contribution in [-0.4, -0.2) is 6.54 Å². The molecule has 0 atom stereocenters. The number of aryl methyl sites for hydroxylation is 3.